The summed E-state index contributed by atoms with van der Waals surface area (Å²) >= 11 is 3.08. The molecule has 0 radical (unpaired) electrons. The molecule has 0 aliphatic heterocycles. The van der Waals surface area contributed by atoms with E-state index < -0.39 is 29.0 Å². The van der Waals surface area contributed by atoms with Gasteiger partial charge in [-0.3, -0.25) is 4.79 Å². The van der Waals surface area contributed by atoms with E-state index in [2.05, 4.69) is 21.2 Å². The maximum Gasteiger partial charge on any atom is 0.257 e. The average molecular weight is 344 g/mol. The average Bonchev–Trinajstić information content (AvgIpc) is 2.41. The van der Waals surface area contributed by atoms with Gasteiger partial charge in [-0.05, 0) is 52.7 Å². The number of hydrogen-bond acceptors (Lipinski definition) is 1. The van der Waals surface area contributed by atoms with Crippen molar-refractivity contribution >= 4 is 27.5 Å². The molecule has 0 fully saturated rings. The monoisotopic (exact) mass is 343 g/mol. The number of hydrogen-bond donors (Lipinski definition) is 1. The molecule has 0 saturated carbocycles. The van der Waals surface area contributed by atoms with Gasteiger partial charge in [0.2, 0.25) is 0 Å². The van der Waals surface area contributed by atoms with Crippen LogP contribution in [0.4, 0.5) is 18.9 Å². The zero-order chi connectivity index (χ0) is 14.9. The van der Waals surface area contributed by atoms with Crippen LogP contribution in [0.1, 0.15) is 15.9 Å². The summed E-state index contributed by atoms with van der Waals surface area (Å²) in [7, 11) is 0. The van der Waals surface area contributed by atoms with Crippen LogP contribution in [0.2, 0.25) is 0 Å². The molecule has 0 saturated heterocycles. The summed E-state index contributed by atoms with van der Waals surface area (Å²) in [5.74, 6) is -3.18. The predicted molar refractivity (Wildman–Crippen MR) is 73.1 cm³/mol. The maximum atomic E-state index is 13.8. The lowest BCUT2D eigenvalue weighted by Gasteiger charge is -2.10. The van der Waals surface area contributed by atoms with Gasteiger partial charge in [0.05, 0.1) is 5.56 Å². The summed E-state index contributed by atoms with van der Waals surface area (Å²) in [6.45, 7) is 1.45. The van der Waals surface area contributed by atoms with Gasteiger partial charge in [-0.25, -0.2) is 13.2 Å². The summed E-state index contributed by atoms with van der Waals surface area (Å²) in [4.78, 5) is 12.0. The normalized spacial score (nSPS) is 10.4. The van der Waals surface area contributed by atoms with Gasteiger partial charge in [0.15, 0.2) is 5.82 Å². The number of benzene rings is 2. The van der Waals surface area contributed by atoms with E-state index in [0.717, 1.165) is 18.2 Å². The van der Waals surface area contributed by atoms with Gasteiger partial charge in [0.1, 0.15) is 17.3 Å². The number of halogens is 4. The molecule has 0 atom stereocenters. The SMILES string of the molecule is Cc1ccc(F)c(NC(=O)c2cc(F)ccc2Br)c1F. The van der Waals surface area contributed by atoms with E-state index in [1.54, 1.807) is 0 Å². The lowest BCUT2D eigenvalue weighted by atomic mass is 10.1. The first-order valence-corrected chi connectivity index (χ1v) is 6.40. The molecular formula is C14H9BrF3NO. The van der Waals surface area contributed by atoms with Crippen LogP contribution in [0.25, 0.3) is 0 Å². The fourth-order valence-corrected chi connectivity index (χ4v) is 2.05. The van der Waals surface area contributed by atoms with E-state index in [0.29, 0.717) is 4.47 Å². The molecule has 6 heteroatoms. The molecule has 104 valence electrons. The molecule has 0 spiro atoms. The lowest BCUT2D eigenvalue weighted by Crippen LogP contribution is -2.15. The van der Waals surface area contributed by atoms with Crippen molar-refractivity contribution in [2.24, 2.45) is 0 Å². The fraction of sp³-hybridized carbons (Fsp3) is 0.0714. The van der Waals surface area contributed by atoms with Crippen LogP contribution >= 0.6 is 15.9 Å². The number of anilines is 1. The van der Waals surface area contributed by atoms with Gasteiger partial charge < -0.3 is 5.32 Å². The Balaban J connectivity index is 2.38. The Morgan fingerprint density at radius 3 is 2.55 bits per heavy atom. The molecule has 1 N–H and O–H groups in total. The second-order valence-electron chi connectivity index (χ2n) is 4.13. The summed E-state index contributed by atoms with van der Waals surface area (Å²) < 4.78 is 40.8. The molecule has 2 aromatic rings. The Kier molecular flexibility index (Phi) is 4.13. The first-order chi connectivity index (χ1) is 9.40. The molecular weight excluding hydrogens is 335 g/mol. The van der Waals surface area contributed by atoms with Crippen molar-refractivity contribution in [1.82, 2.24) is 0 Å². The number of aryl methyl sites for hydroxylation is 1. The van der Waals surface area contributed by atoms with Crippen molar-refractivity contribution in [3.63, 3.8) is 0 Å². The minimum atomic E-state index is -0.894. The third-order valence-corrected chi connectivity index (χ3v) is 3.39. The van der Waals surface area contributed by atoms with Crippen LogP contribution in [-0.2, 0) is 0 Å². The zero-order valence-corrected chi connectivity index (χ0v) is 11.9. The molecule has 0 bridgehead atoms. The summed E-state index contributed by atoms with van der Waals surface area (Å²) in [6, 6.07) is 5.79. The van der Waals surface area contributed by atoms with E-state index >= 15 is 0 Å². The Morgan fingerprint density at radius 1 is 1.15 bits per heavy atom. The largest absolute Gasteiger partial charge is 0.317 e. The molecule has 1 amide bonds. The highest BCUT2D eigenvalue weighted by molar-refractivity contribution is 9.10. The minimum Gasteiger partial charge on any atom is -0.317 e. The van der Waals surface area contributed by atoms with Crippen molar-refractivity contribution < 1.29 is 18.0 Å². The van der Waals surface area contributed by atoms with Gasteiger partial charge in [-0.1, -0.05) is 6.07 Å². The van der Waals surface area contributed by atoms with Crippen LogP contribution in [0.15, 0.2) is 34.8 Å². The van der Waals surface area contributed by atoms with Gasteiger partial charge in [0.25, 0.3) is 5.91 Å². The second kappa shape index (κ2) is 5.66. The molecule has 20 heavy (non-hydrogen) atoms. The van der Waals surface area contributed by atoms with Crippen LogP contribution in [0.5, 0.6) is 0 Å². The summed E-state index contributed by atoms with van der Waals surface area (Å²) in [5, 5.41) is 2.12. The van der Waals surface area contributed by atoms with Crippen LogP contribution < -0.4 is 5.32 Å². The highest BCUT2D eigenvalue weighted by Crippen LogP contribution is 2.24. The molecule has 0 unspecified atom stereocenters. The van der Waals surface area contributed by atoms with Crippen LogP contribution in [-0.4, -0.2) is 5.91 Å². The van der Waals surface area contributed by atoms with Crippen molar-refractivity contribution in [3.05, 3.63) is 63.4 Å². The lowest BCUT2D eigenvalue weighted by molar-refractivity contribution is 0.102. The number of carbonyl (C=O) groups is 1. The number of nitrogens with one attached hydrogen (secondary N) is 1. The van der Waals surface area contributed by atoms with Crippen LogP contribution in [0, 0.1) is 24.4 Å². The Labute approximate surface area is 121 Å². The molecule has 0 aromatic heterocycles. The number of carbonyl (C=O) groups excluding carboxylic acids is 1. The van der Waals surface area contributed by atoms with Gasteiger partial charge in [-0.2, -0.15) is 0 Å². The smallest absolute Gasteiger partial charge is 0.257 e. The van der Waals surface area contributed by atoms with Crippen molar-refractivity contribution in [2.45, 2.75) is 6.92 Å². The predicted octanol–water partition coefficient (Wildman–Crippen LogP) is 4.43. The molecule has 2 nitrogen and oxygen atoms in total. The minimum absolute atomic E-state index is 0.0506. The number of rotatable bonds is 2. The second-order valence-corrected chi connectivity index (χ2v) is 4.99. The Morgan fingerprint density at radius 2 is 1.85 bits per heavy atom. The van der Waals surface area contributed by atoms with Gasteiger partial charge >= 0.3 is 0 Å². The molecule has 2 aromatic carbocycles. The standard InChI is InChI=1S/C14H9BrF3NO/c1-7-2-5-11(17)13(12(7)18)19-14(20)9-6-8(16)3-4-10(9)15/h2-6H,1H3,(H,19,20). The van der Waals surface area contributed by atoms with E-state index in [1.165, 1.54) is 19.1 Å². The molecule has 0 aliphatic rings. The topological polar surface area (TPSA) is 29.1 Å². The molecule has 0 heterocycles. The van der Waals surface area contributed by atoms with Crippen molar-refractivity contribution in [2.75, 3.05) is 5.32 Å². The summed E-state index contributed by atoms with van der Waals surface area (Å²) in [6.07, 6.45) is 0. The third-order valence-electron chi connectivity index (χ3n) is 2.70. The highest BCUT2D eigenvalue weighted by Gasteiger charge is 2.17. The zero-order valence-electron chi connectivity index (χ0n) is 10.3. The van der Waals surface area contributed by atoms with Crippen molar-refractivity contribution in [1.29, 1.82) is 0 Å². The van der Waals surface area contributed by atoms with Gasteiger partial charge in [-0.15, -0.1) is 0 Å². The van der Waals surface area contributed by atoms with E-state index in [1.807, 2.05) is 0 Å². The van der Waals surface area contributed by atoms with E-state index in [4.69, 9.17) is 0 Å². The third kappa shape index (κ3) is 2.85. The van der Waals surface area contributed by atoms with E-state index in [-0.39, 0.29) is 11.1 Å². The Bertz CT molecular complexity index is 688. The first kappa shape index (κ1) is 14.6. The molecule has 2 rings (SSSR count). The molecule has 0 aliphatic carbocycles. The highest BCUT2D eigenvalue weighted by atomic mass is 79.9. The van der Waals surface area contributed by atoms with Crippen LogP contribution in [0.3, 0.4) is 0 Å². The summed E-state index contributed by atoms with van der Waals surface area (Å²) in [5.41, 5.74) is -0.406. The maximum absolute atomic E-state index is 13.8. The van der Waals surface area contributed by atoms with E-state index in [9.17, 15) is 18.0 Å². The van der Waals surface area contributed by atoms with Gasteiger partial charge in [0, 0.05) is 4.47 Å². The number of amides is 1. The Hall–Kier alpha value is -1.82. The quantitative estimate of drug-likeness (QED) is 0.858. The first-order valence-electron chi connectivity index (χ1n) is 5.61. The van der Waals surface area contributed by atoms with Crippen molar-refractivity contribution in [3.8, 4) is 0 Å². The fourth-order valence-electron chi connectivity index (χ4n) is 1.62.